The maximum atomic E-state index is 10.8. The second kappa shape index (κ2) is 8.40. The number of carbonyl (C=O) groups is 1. The zero-order valence-electron chi connectivity index (χ0n) is 13.7. The first kappa shape index (κ1) is 17.1. The number of hydrogen-bond acceptors (Lipinski definition) is 3. The molecule has 0 saturated heterocycles. The highest BCUT2D eigenvalue weighted by molar-refractivity contribution is 5.83. The fraction of sp³-hybridized carbons (Fsp3) is 0.0952. The number of nitrogens with zero attached hydrogens (tertiary/aromatic N) is 2. The van der Waals surface area contributed by atoms with E-state index in [1.54, 1.807) is 18.3 Å². The zero-order chi connectivity index (χ0) is 17.4. The quantitative estimate of drug-likeness (QED) is 0.630. The van der Waals surface area contributed by atoms with Crippen LogP contribution < -0.4 is 0 Å². The molecule has 3 rings (SSSR count). The van der Waals surface area contributed by atoms with Gasteiger partial charge in [-0.1, -0.05) is 68.4 Å². The molecular weight excluding hydrogens is 296 g/mol. The summed E-state index contributed by atoms with van der Waals surface area (Å²) in [6.45, 7) is 4.00. The molecule has 0 aliphatic carbocycles. The van der Waals surface area contributed by atoms with E-state index >= 15 is 0 Å². The number of benzene rings is 2. The molecule has 0 unspecified atom stereocenters. The number of nitriles is 1. The third-order valence-corrected chi connectivity index (χ3v) is 3.42. The Kier molecular flexibility index (Phi) is 5.99. The van der Waals surface area contributed by atoms with Crippen molar-refractivity contribution >= 4 is 6.29 Å². The molecule has 2 aromatic carbocycles. The molecule has 0 amide bonds. The van der Waals surface area contributed by atoms with Gasteiger partial charge in [-0.25, -0.2) is 0 Å². The van der Waals surface area contributed by atoms with E-state index in [1.807, 2.05) is 62.4 Å². The highest BCUT2D eigenvalue weighted by Gasteiger charge is 2.10. The molecule has 3 heteroatoms. The minimum absolute atomic E-state index is 0.520. The third kappa shape index (κ3) is 3.74. The molecular formula is C21H18N2O. The van der Waals surface area contributed by atoms with Crippen molar-refractivity contribution in [2.24, 2.45) is 0 Å². The lowest BCUT2D eigenvalue weighted by Gasteiger charge is -2.10. The van der Waals surface area contributed by atoms with Crippen LogP contribution in [0.2, 0.25) is 0 Å². The van der Waals surface area contributed by atoms with Crippen molar-refractivity contribution < 1.29 is 4.79 Å². The first-order valence-corrected chi connectivity index (χ1v) is 7.83. The Labute approximate surface area is 142 Å². The summed E-state index contributed by atoms with van der Waals surface area (Å²) in [5.74, 6) is 0. The average Bonchev–Trinajstić information content (AvgIpc) is 2.70. The number of aromatic nitrogens is 1. The van der Waals surface area contributed by atoms with Gasteiger partial charge in [-0.15, -0.1) is 0 Å². The Bertz CT molecular complexity index is 847. The first-order valence-electron chi connectivity index (χ1n) is 7.83. The number of pyridine rings is 1. The van der Waals surface area contributed by atoms with Crippen molar-refractivity contribution in [3.8, 4) is 28.5 Å². The summed E-state index contributed by atoms with van der Waals surface area (Å²) in [6.07, 6.45) is 2.38. The van der Waals surface area contributed by atoms with Gasteiger partial charge in [0.15, 0.2) is 0 Å². The summed E-state index contributed by atoms with van der Waals surface area (Å²) < 4.78 is 0. The number of aldehydes is 1. The highest BCUT2D eigenvalue weighted by atomic mass is 16.1. The van der Waals surface area contributed by atoms with Gasteiger partial charge in [-0.3, -0.25) is 9.78 Å². The van der Waals surface area contributed by atoms with E-state index in [0.29, 0.717) is 11.1 Å². The lowest BCUT2D eigenvalue weighted by Crippen LogP contribution is -1.92. The van der Waals surface area contributed by atoms with E-state index in [4.69, 9.17) is 5.26 Å². The Hall–Kier alpha value is -3.25. The van der Waals surface area contributed by atoms with E-state index in [0.717, 1.165) is 28.7 Å². The van der Waals surface area contributed by atoms with Crippen molar-refractivity contribution in [3.05, 3.63) is 78.0 Å². The van der Waals surface area contributed by atoms with Crippen LogP contribution in [0.5, 0.6) is 0 Å². The number of carbonyl (C=O) groups excluding carboxylic acids is 1. The van der Waals surface area contributed by atoms with Crippen molar-refractivity contribution in [2.75, 3.05) is 0 Å². The van der Waals surface area contributed by atoms with Gasteiger partial charge in [0.1, 0.15) is 12.4 Å². The molecule has 0 atom stereocenters. The SMILES string of the molecule is CC.N#Cc1cnc(-c2ccc(C=O)cc2)c(-c2ccccc2)c1. The van der Waals surface area contributed by atoms with E-state index in [1.165, 1.54) is 0 Å². The smallest absolute Gasteiger partial charge is 0.150 e. The van der Waals surface area contributed by atoms with Gasteiger partial charge in [0.05, 0.1) is 11.3 Å². The van der Waals surface area contributed by atoms with Crippen molar-refractivity contribution in [3.63, 3.8) is 0 Å². The predicted molar refractivity (Wildman–Crippen MR) is 96.6 cm³/mol. The summed E-state index contributed by atoms with van der Waals surface area (Å²) in [7, 11) is 0. The average molecular weight is 314 g/mol. The molecule has 0 aliphatic heterocycles. The van der Waals surface area contributed by atoms with Gasteiger partial charge in [0.2, 0.25) is 0 Å². The predicted octanol–water partition coefficient (Wildman–Crippen LogP) is 5.13. The van der Waals surface area contributed by atoms with Crippen molar-refractivity contribution in [2.45, 2.75) is 13.8 Å². The summed E-state index contributed by atoms with van der Waals surface area (Å²) in [5.41, 5.74) is 4.75. The second-order valence-electron chi connectivity index (χ2n) is 4.84. The molecule has 0 aliphatic rings. The van der Waals surface area contributed by atoms with E-state index < -0.39 is 0 Å². The van der Waals surface area contributed by atoms with Crippen LogP contribution in [0, 0.1) is 11.3 Å². The van der Waals surface area contributed by atoms with Gasteiger partial charge < -0.3 is 0 Å². The van der Waals surface area contributed by atoms with E-state index in [-0.39, 0.29) is 0 Å². The molecule has 3 aromatic rings. The molecule has 0 spiro atoms. The molecule has 1 aromatic heterocycles. The minimum atomic E-state index is 0.520. The standard InChI is InChI=1S/C19H12N2O.C2H6/c20-11-15-10-18(16-4-2-1-3-5-16)19(21-12-15)17-8-6-14(13-22)7-9-17;1-2/h1-10,12-13H;1-2H3. The molecule has 1 heterocycles. The monoisotopic (exact) mass is 314 g/mol. The molecule has 0 radical (unpaired) electrons. The molecule has 0 N–H and O–H groups in total. The fourth-order valence-corrected chi connectivity index (χ4v) is 2.31. The zero-order valence-corrected chi connectivity index (χ0v) is 13.7. The van der Waals surface area contributed by atoms with Gasteiger partial charge >= 0.3 is 0 Å². The maximum absolute atomic E-state index is 10.8. The minimum Gasteiger partial charge on any atom is -0.298 e. The largest absolute Gasteiger partial charge is 0.298 e. The molecule has 118 valence electrons. The maximum Gasteiger partial charge on any atom is 0.150 e. The summed E-state index contributed by atoms with van der Waals surface area (Å²) in [4.78, 5) is 15.2. The topological polar surface area (TPSA) is 53.8 Å². The number of hydrogen-bond donors (Lipinski definition) is 0. The lowest BCUT2D eigenvalue weighted by atomic mass is 9.97. The van der Waals surface area contributed by atoms with E-state index in [9.17, 15) is 4.79 Å². The van der Waals surface area contributed by atoms with Crippen LogP contribution in [-0.4, -0.2) is 11.3 Å². The Morgan fingerprint density at radius 2 is 1.62 bits per heavy atom. The first-order chi connectivity index (χ1) is 11.8. The van der Waals surface area contributed by atoms with Crippen LogP contribution in [0.3, 0.4) is 0 Å². The Morgan fingerprint density at radius 1 is 0.958 bits per heavy atom. The van der Waals surface area contributed by atoms with Gasteiger partial charge in [0.25, 0.3) is 0 Å². The van der Waals surface area contributed by atoms with Crippen LogP contribution in [-0.2, 0) is 0 Å². The van der Waals surface area contributed by atoms with Gasteiger partial charge in [0, 0.05) is 22.9 Å². The Balaban J connectivity index is 0.00000100. The number of rotatable bonds is 3. The van der Waals surface area contributed by atoms with Crippen LogP contribution >= 0.6 is 0 Å². The van der Waals surface area contributed by atoms with Crippen LogP contribution in [0.25, 0.3) is 22.4 Å². The van der Waals surface area contributed by atoms with E-state index in [2.05, 4.69) is 11.1 Å². The highest BCUT2D eigenvalue weighted by Crippen LogP contribution is 2.31. The lowest BCUT2D eigenvalue weighted by molar-refractivity contribution is 0.112. The summed E-state index contributed by atoms with van der Waals surface area (Å²) in [6, 6.07) is 21.0. The normalized spacial score (nSPS) is 9.38. The molecule has 0 fully saturated rings. The second-order valence-corrected chi connectivity index (χ2v) is 4.84. The third-order valence-electron chi connectivity index (χ3n) is 3.42. The van der Waals surface area contributed by atoms with Crippen LogP contribution in [0.1, 0.15) is 29.8 Å². The van der Waals surface area contributed by atoms with Gasteiger partial charge in [-0.05, 0) is 11.6 Å². The molecule has 3 nitrogen and oxygen atoms in total. The summed E-state index contributed by atoms with van der Waals surface area (Å²) in [5, 5.41) is 9.11. The van der Waals surface area contributed by atoms with Gasteiger partial charge in [-0.2, -0.15) is 5.26 Å². The van der Waals surface area contributed by atoms with Crippen molar-refractivity contribution in [1.29, 1.82) is 5.26 Å². The molecule has 0 bridgehead atoms. The van der Waals surface area contributed by atoms with Crippen LogP contribution in [0.4, 0.5) is 0 Å². The van der Waals surface area contributed by atoms with Crippen molar-refractivity contribution in [1.82, 2.24) is 4.98 Å². The molecule has 0 saturated carbocycles. The van der Waals surface area contributed by atoms with Crippen LogP contribution in [0.15, 0.2) is 66.9 Å². The summed E-state index contributed by atoms with van der Waals surface area (Å²) >= 11 is 0. The fourth-order valence-electron chi connectivity index (χ4n) is 2.31. The Morgan fingerprint density at radius 3 is 2.21 bits per heavy atom. The molecule has 24 heavy (non-hydrogen) atoms.